The quantitative estimate of drug-likeness (QED) is 0.669. The van der Waals surface area contributed by atoms with Gasteiger partial charge in [0, 0.05) is 25.7 Å². The van der Waals surface area contributed by atoms with Crippen LogP contribution in [0.4, 0.5) is 0 Å². The Labute approximate surface area is 126 Å². The van der Waals surface area contributed by atoms with Crippen LogP contribution in [0.3, 0.4) is 0 Å². The van der Waals surface area contributed by atoms with E-state index in [-0.39, 0.29) is 16.3 Å². The number of benzene rings is 1. The number of rotatable bonds is 2. The van der Waals surface area contributed by atoms with Crippen molar-refractivity contribution in [1.29, 1.82) is 0 Å². The van der Waals surface area contributed by atoms with E-state index in [0.717, 1.165) is 0 Å². The fourth-order valence-electron chi connectivity index (χ4n) is 2.57. The largest absolute Gasteiger partial charge is 0.326 e. The lowest BCUT2D eigenvalue weighted by molar-refractivity contribution is 0.310. The molecule has 2 aromatic rings. The third-order valence-corrected chi connectivity index (χ3v) is 5.54. The van der Waals surface area contributed by atoms with Crippen LogP contribution in [0, 0.1) is 0 Å². The number of aromatic amines is 2. The normalized spacial score (nSPS) is 20.3. The molecule has 1 aromatic heterocycles. The summed E-state index contributed by atoms with van der Waals surface area (Å²) in [5.74, 6) is 0. The predicted octanol–water partition coefficient (Wildman–Crippen LogP) is -0.801. The molecule has 1 aromatic carbocycles. The molecule has 0 amide bonds. The van der Waals surface area contributed by atoms with Crippen molar-refractivity contribution >= 4 is 20.9 Å². The van der Waals surface area contributed by atoms with Crippen molar-refractivity contribution in [3.8, 4) is 0 Å². The van der Waals surface area contributed by atoms with Crippen LogP contribution in [-0.2, 0) is 10.0 Å². The Morgan fingerprint density at radius 3 is 2.73 bits per heavy atom. The maximum atomic E-state index is 12.7. The minimum absolute atomic E-state index is 0.0478. The average Bonchev–Trinajstić information content (AvgIpc) is 2.46. The minimum Gasteiger partial charge on any atom is -0.312 e. The highest BCUT2D eigenvalue weighted by atomic mass is 32.2. The third kappa shape index (κ3) is 2.58. The van der Waals surface area contributed by atoms with Gasteiger partial charge >= 0.3 is 5.69 Å². The predicted molar refractivity (Wildman–Crippen MR) is 81.4 cm³/mol. The zero-order valence-electron chi connectivity index (χ0n) is 11.9. The van der Waals surface area contributed by atoms with Crippen LogP contribution in [0.2, 0.25) is 0 Å². The van der Waals surface area contributed by atoms with E-state index in [1.807, 2.05) is 6.92 Å². The Hall–Kier alpha value is -1.97. The minimum atomic E-state index is -3.66. The molecular formula is C13H16N4O4S. The van der Waals surface area contributed by atoms with E-state index in [9.17, 15) is 18.0 Å². The van der Waals surface area contributed by atoms with Crippen LogP contribution in [0.25, 0.3) is 10.9 Å². The van der Waals surface area contributed by atoms with Gasteiger partial charge in [0.25, 0.3) is 5.56 Å². The van der Waals surface area contributed by atoms with E-state index >= 15 is 0 Å². The summed E-state index contributed by atoms with van der Waals surface area (Å²) in [7, 11) is -3.66. The number of nitrogens with one attached hydrogen (secondary N) is 3. The zero-order chi connectivity index (χ0) is 15.9. The van der Waals surface area contributed by atoms with Crippen LogP contribution >= 0.6 is 0 Å². The summed E-state index contributed by atoms with van der Waals surface area (Å²) >= 11 is 0. The molecule has 0 aliphatic carbocycles. The van der Waals surface area contributed by atoms with Gasteiger partial charge in [-0.1, -0.05) is 0 Å². The summed E-state index contributed by atoms with van der Waals surface area (Å²) in [6.07, 6.45) is 0. The number of nitrogens with zero attached hydrogens (tertiary/aromatic N) is 1. The molecule has 0 radical (unpaired) electrons. The van der Waals surface area contributed by atoms with E-state index < -0.39 is 21.3 Å². The molecule has 1 aliphatic heterocycles. The summed E-state index contributed by atoms with van der Waals surface area (Å²) < 4.78 is 26.7. The first-order valence-corrected chi connectivity index (χ1v) is 8.32. The molecule has 0 bridgehead atoms. The van der Waals surface area contributed by atoms with Crippen molar-refractivity contribution < 1.29 is 8.42 Å². The Bertz CT molecular complexity index is 931. The number of fused-ring (bicyclic) bond motifs is 1. The lowest BCUT2D eigenvalue weighted by Gasteiger charge is -2.31. The molecule has 22 heavy (non-hydrogen) atoms. The standard InChI is InChI=1S/C13H16N4O4S/c1-8-7-17(5-4-14-8)22(20,21)9-2-3-11-10(6-9)12(18)16-13(19)15-11/h2-3,6,8,14H,4-5,7H2,1H3,(H2,15,16,18,19). The van der Waals surface area contributed by atoms with E-state index in [2.05, 4.69) is 15.3 Å². The first-order chi connectivity index (χ1) is 10.4. The molecule has 1 unspecified atom stereocenters. The van der Waals surface area contributed by atoms with Crippen LogP contribution in [0.5, 0.6) is 0 Å². The van der Waals surface area contributed by atoms with E-state index in [4.69, 9.17) is 0 Å². The SMILES string of the molecule is CC1CN(S(=O)(=O)c2ccc3[nH]c(=O)[nH]c(=O)c3c2)CCN1. The van der Waals surface area contributed by atoms with Crippen molar-refractivity contribution in [2.45, 2.75) is 17.9 Å². The molecule has 3 N–H and O–H groups in total. The second kappa shape index (κ2) is 5.34. The Balaban J connectivity index is 2.09. The topological polar surface area (TPSA) is 115 Å². The maximum absolute atomic E-state index is 12.7. The van der Waals surface area contributed by atoms with Crippen LogP contribution < -0.4 is 16.6 Å². The van der Waals surface area contributed by atoms with Crippen LogP contribution in [0.15, 0.2) is 32.7 Å². The lowest BCUT2D eigenvalue weighted by Crippen LogP contribution is -2.51. The maximum Gasteiger partial charge on any atom is 0.326 e. The van der Waals surface area contributed by atoms with Gasteiger partial charge in [-0.05, 0) is 25.1 Å². The Morgan fingerprint density at radius 2 is 2.00 bits per heavy atom. The summed E-state index contributed by atoms with van der Waals surface area (Å²) in [4.78, 5) is 27.6. The molecule has 0 saturated carbocycles. The second-order valence-corrected chi connectivity index (χ2v) is 7.27. The molecule has 8 nitrogen and oxygen atoms in total. The number of sulfonamides is 1. The molecule has 3 rings (SSSR count). The fourth-order valence-corrected chi connectivity index (χ4v) is 4.13. The molecule has 0 spiro atoms. The van der Waals surface area contributed by atoms with E-state index in [1.54, 1.807) is 0 Å². The number of hydrogen-bond acceptors (Lipinski definition) is 5. The average molecular weight is 324 g/mol. The van der Waals surface area contributed by atoms with Gasteiger partial charge in [-0.15, -0.1) is 0 Å². The van der Waals surface area contributed by atoms with Gasteiger partial charge in [-0.3, -0.25) is 9.78 Å². The fraction of sp³-hybridized carbons (Fsp3) is 0.385. The third-order valence-electron chi connectivity index (χ3n) is 3.68. The number of piperazine rings is 1. The highest BCUT2D eigenvalue weighted by molar-refractivity contribution is 7.89. The van der Waals surface area contributed by atoms with Crippen molar-refractivity contribution in [1.82, 2.24) is 19.6 Å². The van der Waals surface area contributed by atoms with Crippen molar-refractivity contribution in [2.75, 3.05) is 19.6 Å². The molecule has 9 heteroatoms. The van der Waals surface area contributed by atoms with Crippen molar-refractivity contribution in [3.63, 3.8) is 0 Å². The van der Waals surface area contributed by atoms with Gasteiger partial charge in [0.2, 0.25) is 10.0 Å². The zero-order valence-corrected chi connectivity index (χ0v) is 12.7. The first kappa shape index (κ1) is 14.9. The van der Waals surface area contributed by atoms with Crippen molar-refractivity contribution in [3.05, 3.63) is 39.0 Å². The molecule has 1 atom stereocenters. The molecule has 1 saturated heterocycles. The lowest BCUT2D eigenvalue weighted by atomic mass is 10.2. The second-order valence-electron chi connectivity index (χ2n) is 5.33. The first-order valence-electron chi connectivity index (χ1n) is 6.88. The molecular weight excluding hydrogens is 308 g/mol. The van der Waals surface area contributed by atoms with Gasteiger partial charge in [-0.25, -0.2) is 13.2 Å². The van der Waals surface area contributed by atoms with Gasteiger partial charge in [0.1, 0.15) is 0 Å². The van der Waals surface area contributed by atoms with Crippen LogP contribution in [0.1, 0.15) is 6.92 Å². The van der Waals surface area contributed by atoms with Gasteiger partial charge in [-0.2, -0.15) is 4.31 Å². The van der Waals surface area contributed by atoms with Gasteiger partial charge < -0.3 is 10.3 Å². The molecule has 1 fully saturated rings. The smallest absolute Gasteiger partial charge is 0.312 e. The Kier molecular flexibility index (Phi) is 3.63. The monoisotopic (exact) mass is 324 g/mol. The highest BCUT2D eigenvalue weighted by Crippen LogP contribution is 2.19. The molecule has 118 valence electrons. The Morgan fingerprint density at radius 1 is 1.23 bits per heavy atom. The van der Waals surface area contributed by atoms with E-state index in [1.165, 1.54) is 22.5 Å². The summed E-state index contributed by atoms with van der Waals surface area (Å²) in [6.45, 7) is 3.26. The van der Waals surface area contributed by atoms with Gasteiger partial charge in [0.15, 0.2) is 0 Å². The molecule has 1 aliphatic rings. The van der Waals surface area contributed by atoms with Crippen LogP contribution in [-0.4, -0.2) is 48.4 Å². The number of hydrogen-bond donors (Lipinski definition) is 3. The van der Waals surface area contributed by atoms with Crippen molar-refractivity contribution in [2.24, 2.45) is 0 Å². The summed E-state index contributed by atoms with van der Waals surface area (Å²) in [5, 5.41) is 3.32. The highest BCUT2D eigenvalue weighted by Gasteiger charge is 2.28. The summed E-state index contributed by atoms with van der Waals surface area (Å²) in [6, 6.07) is 4.21. The number of aromatic nitrogens is 2. The number of H-pyrrole nitrogens is 2. The summed E-state index contributed by atoms with van der Waals surface area (Å²) in [5.41, 5.74) is -0.921. The van der Waals surface area contributed by atoms with E-state index in [0.29, 0.717) is 25.2 Å². The van der Waals surface area contributed by atoms with Gasteiger partial charge in [0.05, 0.1) is 15.8 Å². The molecule has 2 heterocycles.